The topological polar surface area (TPSA) is 67.9 Å². The number of hydrogen-bond acceptors (Lipinski definition) is 5. The predicted octanol–water partition coefficient (Wildman–Crippen LogP) is 3.59. The number of carbonyl (C=O) groups is 2. The van der Waals surface area contributed by atoms with Gasteiger partial charge in [-0.2, -0.15) is 0 Å². The molecule has 1 aliphatic rings. The van der Waals surface area contributed by atoms with E-state index in [1.54, 1.807) is 23.6 Å². The third-order valence-electron chi connectivity index (χ3n) is 4.26. The van der Waals surface area contributed by atoms with Crippen LogP contribution in [0.5, 0.6) is 5.75 Å². The van der Waals surface area contributed by atoms with Gasteiger partial charge in [0.15, 0.2) is 0 Å². The molecule has 1 aliphatic heterocycles. The standard InChI is InChI=1S/C21H24N2O4S/c1-2-26-19(24)14-22-21(25)23-12-13-28-20(23)17-10-6-7-11-18(17)27-15-16-8-4-3-5-9-16/h3-11,20H,2,12-15H2,1H3,(H,22,25)/t20-/m1/s1. The van der Waals surface area contributed by atoms with Gasteiger partial charge in [0.2, 0.25) is 0 Å². The predicted molar refractivity (Wildman–Crippen MR) is 109 cm³/mol. The Bertz CT molecular complexity index is 800. The molecule has 2 aromatic rings. The SMILES string of the molecule is CCOC(=O)CNC(=O)N1CCS[C@@H]1c1ccccc1OCc1ccccc1. The molecule has 1 N–H and O–H groups in total. The number of urea groups is 1. The monoisotopic (exact) mass is 400 g/mol. The van der Waals surface area contributed by atoms with Gasteiger partial charge < -0.3 is 19.7 Å². The number of thioether (sulfide) groups is 1. The van der Waals surface area contributed by atoms with Gasteiger partial charge in [-0.05, 0) is 18.6 Å². The first-order chi connectivity index (χ1) is 13.7. The Hall–Kier alpha value is -2.67. The highest BCUT2D eigenvalue weighted by atomic mass is 32.2. The number of amides is 2. The first kappa shape index (κ1) is 20.1. The summed E-state index contributed by atoms with van der Waals surface area (Å²) in [5.41, 5.74) is 2.03. The van der Waals surface area contributed by atoms with Crippen molar-refractivity contribution >= 4 is 23.8 Å². The van der Waals surface area contributed by atoms with Crippen LogP contribution < -0.4 is 10.1 Å². The molecule has 0 radical (unpaired) electrons. The van der Waals surface area contributed by atoms with Crippen molar-refractivity contribution < 1.29 is 19.1 Å². The maximum absolute atomic E-state index is 12.6. The highest BCUT2D eigenvalue weighted by molar-refractivity contribution is 7.99. The zero-order valence-corrected chi connectivity index (χ0v) is 16.6. The minimum atomic E-state index is -0.439. The molecule has 7 heteroatoms. The largest absolute Gasteiger partial charge is 0.489 e. The second-order valence-electron chi connectivity index (χ2n) is 6.19. The zero-order chi connectivity index (χ0) is 19.8. The lowest BCUT2D eigenvalue weighted by Gasteiger charge is -2.25. The molecule has 0 saturated carbocycles. The quantitative estimate of drug-likeness (QED) is 0.720. The van der Waals surface area contributed by atoms with Crippen molar-refractivity contribution in [2.75, 3.05) is 25.4 Å². The zero-order valence-electron chi connectivity index (χ0n) is 15.8. The summed E-state index contributed by atoms with van der Waals surface area (Å²) in [4.78, 5) is 25.8. The van der Waals surface area contributed by atoms with E-state index in [-0.39, 0.29) is 17.9 Å². The van der Waals surface area contributed by atoms with E-state index < -0.39 is 5.97 Å². The summed E-state index contributed by atoms with van der Waals surface area (Å²) in [6, 6.07) is 17.5. The molecular weight excluding hydrogens is 376 g/mol. The fourth-order valence-corrected chi connectivity index (χ4v) is 4.23. The summed E-state index contributed by atoms with van der Waals surface area (Å²) >= 11 is 1.68. The molecule has 0 aromatic heterocycles. The Morgan fingerprint density at radius 1 is 1.14 bits per heavy atom. The van der Waals surface area contributed by atoms with Crippen LogP contribution in [0, 0.1) is 0 Å². The number of rotatable bonds is 7. The molecule has 1 fully saturated rings. The van der Waals surface area contributed by atoms with Crippen molar-refractivity contribution in [1.29, 1.82) is 0 Å². The van der Waals surface area contributed by atoms with E-state index in [0.29, 0.717) is 19.8 Å². The molecular formula is C21H24N2O4S. The van der Waals surface area contributed by atoms with E-state index >= 15 is 0 Å². The Morgan fingerprint density at radius 3 is 2.68 bits per heavy atom. The molecule has 6 nitrogen and oxygen atoms in total. The number of hydrogen-bond donors (Lipinski definition) is 1. The first-order valence-corrected chi connectivity index (χ1v) is 10.3. The maximum atomic E-state index is 12.6. The van der Waals surface area contributed by atoms with Gasteiger partial charge in [0.1, 0.15) is 24.3 Å². The Labute approximate surface area is 169 Å². The Balaban J connectivity index is 1.67. The summed E-state index contributed by atoms with van der Waals surface area (Å²) in [5.74, 6) is 1.14. The molecule has 148 valence electrons. The smallest absolute Gasteiger partial charge is 0.325 e. The third kappa shape index (κ3) is 5.19. The van der Waals surface area contributed by atoms with E-state index in [4.69, 9.17) is 9.47 Å². The lowest BCUT2D eigenvalue weighted by atomic mass is 10.2. The average Bonchev–Trinajstić information content (AvgIpc) is 3.21. The van der Waals surface area contributed by atoms with E-state index in [0.717, 1.165) is 22.6 Å². The van der Waals surface area contributed by atoms with E-state index in [2.05, 4.69) is 5.32 Å². The minimum Gasteiger partial charge on any atom is -0.489 e. The average molecular weight is 401 g/mol. The third-order valence-corrected chi connectivity index (χ3v) is 5.51. The summed E-state index contributed by atoms with van der Waals surface area (Å²) in [7, 11) is 0. The van der Waals surface area contributed by atoms with Crippen molar-refractivity contribution in [3.8, 4) is 5.75 Å². The van der Waals surface area contributed by atoms with Crippen LogP contribution in [-0.2, 0) is 16.1 Å². The maximum Gasteiger partial charge on any atom is 0.325 e. The van der Waals surface area contributed by atoms with Crippen LogP contribution in [-0.4, -0.2) is 42.3 Å². The van der Waals surface area contributed by atoms with Crippen molar-refractivity contribution in [3.05, 3.63) is 65.7 Å². The number of benzene rings is 2. The van der Waals surface area contributed by atoms with Crippen molar-refractivity contribution in [3.63, 3.8) is 0 Å². The van der Waals surface area contributed by atoms with Crippen LogP contribution in [0.1, 0.15) is 23.4 Å². The van der Waals surface area contributed by atoms with Gasteiger partial charge in [0.25, 0.3) is 0 Å². The van der Waals surface area contributed by atoms with Crippen LogP contribution in [0.25, 0.3) is 0 Å². The molecule has 3 rings (SSSR count). The first-order valence-electron chi connectivity index (χ1n) is 9.26. The highest BCUT2D eigenvalue weighted by Gasteiger charge is 2.32. The van der Waals surface area contributed by atoms with Crippen molar-refractivity contribution in [2.24, 2.45) is 0 Å². The normalized spacial score (nSPS) is 15.9. The van der Waals surface area contributed by atoms with Gasteiger partial charge in [-0.3, -0.25) is 4.79 Å². The summed E-state index contributed by atoms with van der Waals surface area (Å²) < 4.78 is 10.9. The molecule has 0 aliphatic carbocycles. The molecule has 2 aromatic carbocycles. The van der Waals surface area contributed by atoms with Crippen LogP contribution >= 0.6 is 11.8 Å². The Morgan fingerprint density at radius 2 is 1.89 bits per heavy atom. The van der Waals surface area contributed by atoms with Crippen LogP contribution in [0.4, 0.5) is 4.79 Å². The second-order valence-corrected chi connectivity index (χ2v) is 7.38. The highest BCUT2D eigenvalue weighted by Crippen LogP contribution is 2.41. The molecule has 28 heavy (non-hydrogen) atoms. The van der Waals surface area contributed by atoms with Gasteiger partial charge >= 0.3 is 12.0 Å². The molecule has 0 spiro atoms. The van der Waals surface area contributed by atoms with E-state index in [1.165, 1.54) is 0 Å². The molecule has 0 bridgehead atoms. The number of esters is 1. The fourth-order valence-electron chi connectivity index (χ4n) is 2.95. The van der Waals surface area contributed by atoms with Crippen LogP contribution in [0.3, 0.4) is 0 Å². The number of nitrogens with one attached hydrogen (secondary N) is 1. The number of ether oxygens (including phenoxy) is 2. The Kier molecular flexibility index (Phi) is 7.19. The van der Waals surface area contributed by atoms with Gasteiger partial charge in [-0.25, -0.2) is 4.79 Å². The fraction of sp³-hybridized carbons (Fsp3) is 0.333. The van der Waals surface area contributed by atoms with E-state index in [9.17, 15) is 9.59 Å². The van der Waals surface area contributed by atoms with Gasteiger partial charge in [0, 0.05) is 17.9 Å². The summed E-state index contributed by atoms with van der Waals surface area (Å²) in [6.07, 6.45) is 0. The van der Waals surface area contributed by atoms with Gasteiger partial charge in [-0.1, -0.05) is 48.5 Å². The van der Waals surface area contributed by atoms with Crippen molar-refractivity contribution in [1.82, 2.24) is 10.2 Å². The molecule has 1 heterocycles. The molecule has 2 amide bonds. The van der Waals surface area contributed by atoms with Gasteiger partial charge in [0.05, 0.1) is 6.61 Å². The van der Waals surface area contributed by atoms with Crippen molar-refractivity contribution in [2.45, 2.75) is 18.9 Å². The molecule has 0 unspecified atom stereocenters. The number of para-hydroxylation sites is 1. The molecule has 1 saturated heterocycles. The summed E-state index contributed by atoms with van der Waals surface area (Å²) in [6.45, 7) is 2.97. The number of carbonyl (C=O) groups excluding carboxylic acids is 2. The summed E-state index contributed by atoms with van der Waals surface area (Å²) in [5, 5.41) is 2.49. The molecule has 1 atom stereocenters. The second kappa shape index (κ2) is 10.0. The lowest BCUT2D eigenvalue weighted by Crippen LogP contribution is -2.42. The minimum absolute atomic E-state index is 0.132. The lowest BCUT2D eigenvalue weighted by molar-refractivity contribution is -0.141. The van der Waals surface area contributed by atoms with Crippen LogP contribution in [0.2, 0.25) is 0 Å². The van der Waals surface area contributed by atoms with Crippen LogP contribution in [0.15, 0.2) is 54.6 Å². The van der Waals surface area contributed by atoms with E-state index in [1.807, 2.05) is 54.6 Å². The number of nitrogens with zero attached hydrogens (tertiary/aromatic N) is 1. The van der Waals surface area contributed by atoms with Gasteiger partial charge in [-0.15, -0.1) is 11.8 Å².